The molecule has 2 atom stereocenters. The van der Waals surface area contributed by atoms with Crippen LogP contribution >= 0.6 is 11.8 Å². The van der Waals surface area contributed by atoms with Gasteiger partial charge in [-0.15, -0.1) is 11.8 Å². The van der Waals surface area contributed by atoms with E-state index in [1.54, 1.807) is 11.8 Å². The Morgan fingerprint density at radius 1 is 1.32 bits per heavy atom. The molecule has 1 aromatic carbocycles. The number of nitrogens with one attached hydrogen (secondary N) is 1. The lowest BCUT2D eigenvalue weighted by Gasteiger charge is -2.26. The van der Waals surface area contributed by atoms with Crippen molar-refractivity contribution >= 4 is 17.7 Å². The zero-order chi connectivity index (χ0) is 14.5. The summed E-state index contributed by atoms with van der Waals surface area (Å²) in [5.74, 6) is -0.0759. The fraction of sp³-hybridized carbons (Fsp3) is 0.533. The van der Waals surface area contributed by atoms with E-state index in [0.717, 1.165) is 0 Å². The van der Waals surface area contributed by atoms with Gasteiger partial charge in [0.2, 0.25) is 5.91 Å². The van der Waals surface area contributed by atoms with E-state index in [1.165, 1.54) is 4.90 Å². The molecule has 0 saturated carbocycles. The van der Waals surface area contributed by atoms with Gasteiger partial charge in [0.15, 0.2) is 0 Å². The van der Waals surface area contributed by atoms with E-state index >= 15 is 0 Å². The minimum atomic E-state index is -0.471. The number of benzene rings is 1. The predicted octanol–water partition coefficient (Wildman–Crippen LogP) is 2.66. The molecule has 0 radical (unpaired) electrons. The van der Waals surface area contributed by atoms with Gasteiger partial charge in [-0.1, -0.05) is 45.9 Å². The van der Waals surface area contributed by atoms with Crippen molar-refractivity contribution in [2.75, 3.05) is 6.54 Å². The van der Waals surface area contributed by atoms with Crippen molar-refractivity contribution in [2.24, 2.45) is 11.1 Å². The Morgan fingerprint density at radius 2 is 1.89 bits per heavy atom. The van der Waals surface area contributed by atoms with E-state index in [0.29, 0.717) is 11.8 Å². The summed E-state index contributed by atoms with van der Waals surface area (Å²) in [7, 11) is 0. The molecule has 1 rings (SSSR count). The average Bonchev–Trinajstić information content (AvgIpc) is 2.35. The van der Waals surface area contributed by atoms with Crippen molar-refractivity contribution in [1.29, 1.82) is 0 Å². The summed E-state index contributed by atoms with van der Waals surface area (Å²) in [6, 6.07) is 9.71. The molecule has 0 aromatic heterocycles. The molecule has 1 amide bonds. The number of hydrogen-bond acceptors (Lipinski definition) is 3. The zero-order valence-electron chi connectivity index (χ0n) is 12.1. The lowest BCUT2D eigenvalue weighted by molar-refractivity contribution is -0.124. The highest BCUT2D eigenvalue weighted by Gasteiger charge is 2.27. The third kappa shape index (κ3) is 5.66. The molecule has 19 heavy (non-hydrogen) atoms. The Labute approximate surface area is 120 Å². The normalized spacial score (nSPS) is 14.8. The Kier molecular flexibility index (Phi) is 5.88. The van der Waals surface area contributed by atoms with Crippen LogP contribution in [0.5, 0.6) is 0 Å². The van der Waals surface area contributed by atoms with E-state index in [2.05, 4.69) is 24.4 Å². The van der Waals surface area contributed by atoms with Crippen LogP contribution in [0.1, 0.15) is 27.7 Å². The maximum atomic E-state index is 11.9. The molecule has 0 heterocycles. The first-order valence-electron chi connectivity index (χ1n) is 6.55. The number of carbonyl (C=O) groups is 1. The molecule has 1 unspecified atom stereocenters. The highest BCUT2D eigenvalue weighted by molar-refractivity contribution is 8.00. The van der Waals surface area contributed by atoms with Gasteiger partial charge in [0.25, 0.3) is 0 Å². The molecular formula is C15H24N2OS. The molecule has 0 aliphatic heterocycles. The Bertz CT molecular complexity index is 400. The molecule has 0 aliphatic carbocycles. The highest BCUT2D eigenvalue weighted by Crippen LogP contribution is 2.22. The van der Waals surface area contributed by atoms with Crippen molar-refractivity contribution in [3.05, 3.63) is 30.3 Å². The lowest BCUT2D eigenvalue weighted by atomic mass is 9.87. The van der Waals surface area contributed by atoms with Gasteiger partial charge >= 0.3 is 0 Å². The SMILES string of the molecule is CC(CNC(=O)[C@@H](N)C(C)(C)C)Sc1ccccc1. The van der Waals surface area contributed by atoms with Crippen LogP contribution in [0.25, 0.3) is 0 Å². The Balaban J connectivity index is 2.38. The molecule has 3 N–H and O–H groups in total. The van der Waals surface area contributed by atoms with Gasteiger partial charge in [0, 0.05) is 16.7 Å². The van der Waals surface area contributed by atoms with Crippen LogP contribution < -0.4 is 11.1 Å². The Morgan fingerprint density at radius 3 is 2.42 bits per heavy atom. The number of hydrogen-bond donors (Lipinski definition) is 2. The average molecular weight is 280 g/mol. The smallest absolute Gasteiger partial charge is 0.237 e. The van der Waals surface area contributed by atoms with Crippen molar-refractivity contribution in [1.82, 2.24) is 5.32 Å². The van der Waals surface area contributed by atoms with E-state index in [-0.39, 0.29) is 11.3 Å². The minimum absolute atomic E-state index is 0.0759. The van der Waals surface area contributed by atoms with E-state index < -0.39 is 6.04 Å². The van der Waals surface area contributed by atoms with Crippen LogP contribution in [0.15, 0.2) is 35.2 Å². The van der Waals surface area contributed by atoms with Crippen molar-refractivity contribution in [2.45, 2.75) is 43.9 Å². The van der Waals surface area contributed by atoms with Crippen molar-refractivity contribution in [3.63, 3.8) is 0 Å². The van der Waals surface area contributed by atoms with Crippen molar-refractivity contribution in [3.8, 4) is 0 Å². The van der Waals surface area contributed by atoms with Gasteiger partial charge in [-0.3, -0.25) is 4.79 Å². The maximum absolute atomic E-state index is 11.9. The van der Waals surface area contributed by atoms with E-state index in [9.17, 15) is 4.79 Å². The summed E-state index contributed by atoms with van der Waals surface area (Å²) < 4.78 is 0. The molecule has 1 aromatic rings. The second-order valence-corrected chi connectivity index (χ2v) is 7.34. The van der Waals surface area contributed by atoms with Gasteiger partial charge in [0.05, 0.1) is 6.04 Å². The van der Waals surface area contributed by atoms with Gasteiger partial charge < -0.3 is 11.1 Å². The summed E-state index contributed by atoms with van der Waals surface area (Å²) in [6.07, 6.45) is 0. The molecular weight excluding hydrogens is 256 g/mol. The minimum Gasteiger partial charge on any atom is -0.354 e. The topological polar surface area (TPSA) is 55.1 Å². The second-order valence-electron chi connectivity index (χ2n) is 5.83. The molecule has 0 spiro atoms. The molecule has 0 saturated heterocycles. The van der Waals surface area contributed by atoms with Crippen molar-refractivity contribution < 1.29 is 4.79 Å². The number of thioether (sulfide) groups is 1. The van der Waals surface area contributed by atoms with Crippen LogP contribution in [-0.2, 0) is 4.79 Å². The third-order valence-electron chi connectivity index (χ3n) is 2.86. The molecule has 106 valence electrons. The lowest BCUT2D eigenvalue weighted by Crippen LogP contribution is -2.49. The number of amides is 1. The molecule has 0 fully saturated rings. The first-order chi connectivity index (χ1) is 8.80. The number of nitrogens with two attached hydrogens (primary N) is 1. The third-order valence-corrected chi connectivity index (χ3v) is 3.97. The molecule has 0 aliphatic rings. The first-order valence-corrected chi connectivity index (χ1v) is 7.43. The maximum Gasteiger partial charge on any atom is 0.237 e. The summed E-state index contributed by atoms with van der Waals surface area (Å²) in [5, 5.41) is 3.24. The van der Waals surface area contributed by atoms with Crippen LogP contribution in [-0.4, -0.2) is 23.7 Å². The summed E-state index contributed by atoms with van der Waals surface area (Å²) in [4.78, 5) is 13.1. The zero-order valence-corrected chi connectivity index (χ0v) is 13.0. The second kappa shape index (κ2) is 6.96. The highest BCUT2D eigenvalue weighted by atomic mass is 32.2. The number of rotatable bonds is 5. The summed E-state index contributed by atoms with van der Waals surface area (Å²) in [6.45, 7) is 8.64. The van der Waals surface area contributed by atoms with E-state index in [1.807, 2.05) is 39.0 Å². The fourth-order valence-electron chi connectivity index (χ4n) is 1.52. The van der Waals surface area contributed by atoms with Gasteiger partial charge in [-0.25, -0.2) is 0 Å². The van der Waals surface area contributed by atoms with Crippen LogP contribution in [0.3, 0.4) is 0 Å². The van der Waals surface area contributed by atoms with Gasteiger partial charge in [0.1, 0.15) is 0 Å². The predicted molar refractivity (Wildman–Crippen MR) is 82.2 cm³/mol. The number of carbonyl (C=O) groups excluding carboxylic acids is 1. The van der Waals surface area contributed by atoms with Crippen LogP contribution in [0.2, 0.25) is 0 Å². The van der Waals surface area contributed by atoms with Crippen LogP contribution in [0, 0.1) is 5.41 Å². The largest absolute Gasteiger partial charge is 0.354 e. The fourth-order valence-corrected chi connectivity index (χ4v) is 2.47. The Hall–Kier alpha value is -1.00. The first kappa shape index (κ1) is 16.1. The molecule has 4 heteroatoms. The van der Waals surface area contributed by atoms with Gasteiger partial charge in [-0.2, -0.15) is 0 Å². The molecule has 3 nitrogen and oxygen atoms in total. The standard InChI is InChI=1S/C15H24N2OS/c1-11(19-12-8-6-5-7-9-12)10-17-14(18)13(16)15(2,3)4/h5-9,11,13H,10,16H2,1-4H3,(H,17,18)/t11?,13-/m1/s1. The summed E-state index contributed by atoms with van der Waals surface area (Å²) >= 11 is 1.75. The van der Waals surface area contributed by atoms with Gasteiger partial charge in [-0.05, 0) is 17.5 Å². The monoisotopic (exact) mass is 280 g/mol. The quantitative estimate of drug-likeness (QED) is 0.815. The molecule has 0 bridgehead atoms. The summed E-state index contributed by atoms with van der Waals surface area (Å²) in [5.41, 5.74) is 5.71. The van der Waals surface area contributed by atoms with Crippen LogP contribution in [0.4, 0.5) is 0 Å². The van der Waals surface area contributed by atoms with E-state index in [4.69, 9.17) is 5.73 Å².